The standard InChI is InChI=1S/C16H25N3/c1-11-4-3-5-14(18-11)9-19(2)10-15-12-6-7-13(8-12)16(15)17/h3-5,12-13,15-16H,6-10,17H2,1-2H3. The number of hydrogen-bond donors (Lipinski definition) is 1. The molecule has 0 spiro atoms. The van der Waals surface area contributed by atoms with Gasteiger partial charge in [0.05, 0.1) is 5.69 Å². The molecule has 2 aliphatic carbocycles. The predicted molar refractivity (Wildman–Crippen MR) is 77.6 cm³/mol. The summed E-state index contributed by atoms with van der Waals surface area (Å²) < 4.78 is 0. The molecular weight excluding hydrogens is 234 g/mol. The zero-order chi connectivity index (χ0) is 13.4. The van der Waals surface area contributed by atoms with E-state index in [2.05, 4.69) is 42.1 Å². The Hall–Kier alpha value is -0.930. The van der Waals surface area contributed by atoms with Crippen molar-refractivity contribution in [2.75, 3.05) is 13.6 Å². The fourth-order valence-corrected chi connectivity index (χ4v) is 4.11. The number of nitrogens with two attached hydrogens (primary N) is 1. The summed E-state index contributed by atoms with van der Waals surface area (Å²) in [6.07, 6.45) is 4.15. The third-order valence-corrected chi connectivity index (χ3v) is 5.06. The molecule has 104 valence electrons. The van der Waals surface area contributed by atoms with Crippen LogP contribution in [0, 0.1) is 24.7 Å². The minimum absolute atomic E-state index is 0.437. The van der Waals surface area contributed by atoms with Crippen LogP contribution in [0.5, 0.6) is 0 Å². The molecule has 1 heterocycles. The van der Waals surface area contributed by atoms with Crippen LogP contribution in [-0.2, 0) is 6.54 Å². The highest BCUT2D eigenvalue weighted by molar-refractivity contribution is 5.10. The van der Waals surface area contributed by atoms with Crippen LogP contribution in [0.25, 0.3) is 0 Å². The first-order chi connectivity index (χ1) is 9.13. The molecule has 4 atom stereocenters. The summed E-state index contributed by atoms with van der Waals surface area (Å²) in [6, 6.07) is 6.70. The highest BCUT2D eigenvalue weighted by Gasteiger charge is 2.45. The van der Waals surface area contributed by atoms with Crippen molar-refractivity contribution in [2.24, 2.45) is 23.5 Å². The van der Waals surface area contributed by atoms with Crippen LogP contribution in [0.3, 0.4) is 0 Å². The second-order valence-corrected chi connectivity index (χ2v) is 6.54. The number of nitrogens with zero attached hydrogens (tertiary/aromatic N) is 2. The van der Waals surface area contributed by atoms with Crippen LogP contribution >= 0.6 is 0 Å². The first-order valence-corrected chi connectivity index (χ1v) is 7.50. The van der Waals surface area contributed by atoms with Crippen molar-refractivity contribution >= 4 is 0 Å². The van der Waals surface area contributed by atoms with Gasteiger partial charge in [-0.3, -0.25) is 4.98 Å². The first kappa shape index (κ1) is 13.1. The van der Waals surface area contributed by atoms with Gasteiger partial charge in [-0.25, -0.2) is 0 Å². The normalized spacial score (nSPS) is 33.3. The van der Waals surface area contributed by atoms with Gasteiger partial charge in [-0.15, -0.1) is 0 Å². The van der Waals surface area contributed by atoms with E-state index in [9.17, 15) is 0 Å². The van der Waals surface area contributed by atoms with Gasteiger partial charge in [0.25, 0.3) is 0 Å². The molecule has 1 aromatic rings. The molecule has 0 aromatic carbocycles. The number of aryl methyl sites for hydroxylation is 1. The monoisotopic (exact) mass is 259 g/mol. The molecule has 2 bridgehead atoms. The van der Waals surface area contributed by atoms with Crippen LogP contribution < -0.4 is 5.73 Å². The molecule has 3 heteroatoms. The molecule has 2 fully saturated rings. The van der Waals surface area contributed by atoms with E-state index in [1.807, 2.05) is 0 Å². The lowest BCUT2D eigenvalue weighted by Gasteiger charge is -2.31. The minimum Gasteiger partial charge on any atom is -0.327 e. The predicted octanol–water partition coefficient (Wildman–Crippen LogP) is 2.20. The Labute approximate surface area is 116 Å². The van der Waals surface area contributed by atoms with Gasteiger partial charge >= 0.3 is 0 Å². The number of fused-ring (bicyclic) bond motifs is 2. The molecular formula is C16H25N3. The molecule has 2 N–H and O–H groups in total. The first-order valence-electron chi connectivity index (χ1n) is 7.50. The van der Waals surface area contributed by atoms with Crippen molar-refractivity contribution in [1.29, 1.82) is 0 Å². The van der Waals surface area contributed by atoms with Gasteiger partial charge in [-0.1, -0.05) is 6.07 Å². The van der Waals surface area contributed by atoms with Crippen molar-refractivity contribution in [3.63, 3.8) is 0 Å². The summed E-state index contributed by atoms with van der Waals surface area (Å²) in [5.41, 5.74) is 8.65. The summed E-state index contributed by atoms with van der Waals surface area (Å²) in [7, 11) is 2.20. The smallest absolute Gasteiger partial charge is 0.0547 e. The molecule has 2 aliphatic rings. The van der Waals surface area contributed by atoms with E-state index in [-0.39, 0.29) is 0 Å². The van der Waals surface area contributed by atoms with E-state index in [1.165, 1.54) is 25.0 Å². The molecule has 4 unspecified atom stereocenters. The van der Waals surface area contributed by atoms with E-state index in [4.69, 9.17) is 5.73 Å². The molecule has 3 rings (SSSR count). The van der Waals surface area contributed by atoms with Crippen molar-refractivity contribution in [1.82, 2.24) is 9.88 Å². The number of aromatic nitrogens is 1. The second-order valence-electron chi connectivity index (χ2n) is 6.54. The van der Waals surface area contributed by atoms with Crippen LogP contribution in [0.1, 0.15) is 30.7 Å². The van der Waals surface area contributed by atoms with Crippen LogP contribution in [0.2, 0.25) is 0 Å². The molecule has 0 aliphatic heterocycles. The van der Waals surface area contributed by atoms with E-state index < -0.39 is 0 Å². The van der Waals surface area contributed by atoms with Crippen LogP contribution in [-0.4, -0.2) is 29.5 Å². The largest absolute Gasteiger partial charge is 0.327 e. The maximum Gasteiger partial charge on any atom is 0.0547 e. The van der Waals surface area contributed by atoms with Crippen molar-refractivity contribution in [3.8, 4) is 0 Å². The summed E-state index contributed by atoms with van der Waals surface area (Å²) >= 11 is 0. The molecule has 19 heavy (non-hydrogen) atoms. The Morgan fingerprint density at radius 2 is 2.11 bits per heavy atom. The maximum absolute atomic E-state index is 6.39. The van der Waals surface area contributed by atoms with Crippen molar-refractivity contribution in [2.45, 2.75) is 38.8 Å². The second kappa shape index (κ2) is 5.22. The SMILES string of the molecule is Cc1cccc(CN(C)CC2C3CCC(C3)C2N)n1. The Morgan fingerprint density at radius 3 is 2.79 bits per heavy atom. The topological polar surface area (TPSA) is 42.1 Å². The van der Waals surface area contributed by atoms with Gasteiger partial charge in [0.2, 0.25) is 0 Å². The fourth-order valence-electron chi connectivity index (χ4n) is 4.11. The highest BCUT2D eigenvalue weighted by atomic mass is 15.1. The Kier molecular flexibility index (Phi) is 3.59. The zero-order valence-electron chi connectivity index (χ0n) is 12.0. The molecule has 3 nitrogen and oxygen atoms in total. The van der Waals surface area contributed by atoms with Crippen molar-refractivity contribution < 1.29 is 0 Å². The quantitative estimate of drug-likeness (QED) is 0.901. The van der Waals surface area contributed by atoms with Gasteiger partial charge in [0.15, 0.2) is 0 Å². The van der Waals surface area contributed by atoms with E-state index in [0.29, 0.717) is 12.0 Å². The number of pyridine rings is 1. The maximum atomic E-state index is 6.39. The van der Waals surface area contributed by atoms with Gasteiger partial charge in [0, 0.05) is 24.8 Å². The molecule has 0 radical (unpaired) electrons. The van der Waals surface area contributed by atoms with Gasteiger partial charge in [-0.05, 0) is 63.1 Å². The van der Waals surface area contributed by atoms with Gasteiger partial charge < -0.3 is 10.6 Å². The summed E-state index contributed by atoms with van der Waals surface area (Å²) in [6.45, 7) is 4.11. The van der Waals surface area contributed by atoms with E-state index in [1.54, 1.807) is 0 Å². The minimum atomic E-state index is 0.437. The lowest BCUT2D eigenvalue weighted by Crippen LogP contribution is -2.41. The molecule has 0 saturated heterocycles. The molecule has 2 saturated carbocycles. The molecule has 1 aromatic heterocycles. The summed E-state index contributed by atoms with van der Waals surface area (Å²) in [4.78, 5) is 6.98. The van der Waals surface area contributed by atoms with Crippen LogP contribution in [0.15, 0.2) is 18.2 Å². The van der Waals surface area contributed by atoms with Crippen LogP contribution in [0.4, 0.5) is 0 Å². The third kappa shape index (κ3) is 2.67. The lowest BCUT2D eigenvalue weighted by molar-refractivity contribution is 0.193. The van der Waals surface area contributed by atoms with E-state index in [0.717, 1.165) is 30.6 Å². The average molecular weight is 259 g/mol. The molecule has 0 amide bonds. The zero-order valence-corrected chi connectivity index (χ0v) is 12.0. The Morgan fingerprint density at radius 1 is 1.32 bits per heavy atom. The number of hydrogen-bond acceptors (Lipinski definition) is 3. The highest BCUT2D eigenvalue weighted by Crippen LogP contribution is 2.47. The van der Waals surface area contributed by atoms with Gasteiger partial charge in [0.1, 0.15) is 0 Å². The van der Waals surface area contributed by atoms with Crippen molar-refractivity contribution in [3.05, 3.63) is 29.6 Å². The Balaban J connectivity index is 1.58. The summed E-state index contributed by atoms with van der Waals surface area (Å²) in [5, 5.41) is 0. The number of rotatable bonds is 4. The lowest BCUT2D eigenvalue weighted by atomic mass is 9.84. The third-order valence-electron chi connectivity index (χ3n) is 5.06. The van der Waals surface area contributed by atoms with E-state index >= 15 is 0 Å². The summed E-state index contributed by atoms with van der Waals surface area (Å²) in [5.74, 6) is 2.39. The Bertz CT molecular complexity index is 443. The van der Waals surface area contributed by atoms with Gasteiger partial charge in [-0.2, -0.15) is 0 Å². The fraction of sp³-hybridized carbons (Fsp3) is 0.688. The average Bonchev–Trinajstić information content (AvgIpc) is 2.93.